The number of nitrogens with zero attached hydrogens (tertiary/aromatic N) is 1. The second-order valence-corrected chi connectivity index (χ2v) is 3.45. The van der Waals surface area contributed by atoms with Gasteiger partial charge in [0.1, 0.15) is 0 Å². The summed E-state index contributed by atoms with van der Waals surface area (Å²) in [6.07, 6.45) is -1.75. The summed E-state index contributed by atoms with van der Waals surface area (Å²) in [5.74, 6) is -1.38. The average Bonchev–Trinajstić information content (AvgIpc) is 2.03. The van der Waals surface area contributed by atoms with E-state index >= 15 is 0 Å². The van der Waals surface area contributed by atoms with E-state index in [9.17, 15) is 13.6 Å². The van der Waals surface area contributed by atoms with Gasteiger partial charge in [0.15, 0.2) is 0 Å². The van der Waals surface area contributed by atoms with Crippen LogP contribution in [0.2, 0.25) is 0 Å². The van der Waals surface area contributed by atoms with E-state index in [1.807, 2.05) is 0 Å². The SMILES string of the molecule is CN1C[C@@H](C(=O)O)CC[C@@H]1C(F)F. The zero-order valence-electron chi connectivity index (χ0n) is 7.41. The lowest BCUT2D eigenvalue weighted by atomic mass is 9.93. The largest absolute Gasteiger partial charge is 0.481 e. The molecule has 0 radical (unpaired) electrons. The van der Waals surface area contributed by atoms with Crippen LogP contribution in [0.5, 0.6) is 0 Å². The van der Waals surface area contributed by atoms with Gasteiger partial charge in [-0.15, -0.1) is 0 Å². The number of alkyl halides is 2. The third kappa shape index (κ3) is 2.37. The predicted octanol–water partition coefficient (Wildman–Crippen LogP) is 1.05. The smallest absolute Gasteiger partial charge is 0.307 e. The molecule has 5 heteroatoms. The Labute approximate surface area is 75.3 Å². The highest BCUT2D eigenvalue weighted by Crippen LogP contribution is 2.24. The number of likely N-dealkylation sites (tertiary alicyclic amines) is 1. The van der Waals surface area contributed by atoms with E-state index in [1.165, 1.54) is 4.90 Å². The number of carbonyl (C=O) groups is 1. The van der Waals surface area contributed by atoms with Crippen LogP contribution in [0.4, 0.5) is 8.78 Å². The van der Waals surface area contributed by atoms with Crippen LogP contribution in [0.15, 0.2) is 0 Å². The van der Waals surface area contributed by atoms with Crippen LogP contribution in [-0.2, 0) is 4.79 Å². The van der Waals surface area contributed by atoms with Gasteiger partial charge < -0.3 is 5.11 Å². The molecule has 0 spiro atoms. The molecule has 0 aliphatic carbocycles. The molecule has 0 aromatic carbocycles. The fraction of sp³-hybridized carbons (Fsp3) is 0.875. The van der Waals surface area contributed by atoms with Crippen LogP contribution in [0, 0.1) is 5.92 Å². The molecule has 0 unspecified atom stereocenters. The van der Waals surface area contributed by atoms with Gasteiger partial charge in [-0.2, -0.15) is 0 Å². The third-order valence-corrected chi connectivity index (χ3v) is 2.53. The Morgan fingerprint density at radius 3 is 2.54 bits per heavy atom. The first-order chi connectivity index (χ1) is 6.02. The molecule has 0 aromatic heterocycles. The molecule has 3 nitrogen and oxygen atoms in total. The second kappa shape index (κ2) is 4.00. The first-order valence-electron chi connectivity index (χ1n) is 4.23. The zero-order chi connectivity index (χ0) is 10.0. The maximum Gasteiger partial charge on any atom is 0.307 e. The van der Waals surface area contributed by atoms with E-state index in [0.29, 0.717) is 6.42 Å². The minimum Gasteiger partial charge on any atom is -0.481 e. The third-order valence-electron chi connectivity index (χ3n) is 2.53. The van der Waals surface area contributed by atoms with Gasteiger partial charge in [-0.05, 0) is 19.9 Å². The fourth-order valence-corrected chi connectivity index (χ4v) is 1.69. The highest BCUT2D eigenvalue weighted by atomic mass is 19.3. The highest BCUT2D eigenvalue weighted by molar-refractivity contribution is 5.70. The molecule has 1 aliphatic rings. The van der Waals surface area contributed by atoms with Crippen LogP contribution in [0.1, 0.15) is 12.8 Å². The van der Waals surface area contributed by atoms with Gasteiger partial charge in [0, 0.05) is 6.54 Å². The molecule has 0 bridgehead atoms. The van der Waals surface area contributed by atoms with Crippen LogP contribution in [-0.4, -0.2) is 42.0 Å². The number of piperidine rings is 1. The topological polar surface area (TPSA) is 40.5 Å². The van der Waals surface area contributed by atoms with E-state index in [-0.39, 0.29) is 13.0 Å². The molecule has 0 amide bonds. The number of rotatable bonds is 2. The fourth-order valence-electron chi connectivity index (χ4n) is 1.69. The number of aliphatic carboxylic acids is 1. The molecule has 76 valence electrons. The average molecular weight is 193 g/mol. The molecular weight excluding hydrogens is 180 g/mol. The molecule has 1 heterocycles. The summed E-state index contributed by atoms with van der Waals surface area (Å²) in [4.78, 5) is 12.0. The van der Waals surface area contributed by atoms with Gasteiger partial charge in [-0.25, -0.2) is 8.78 Å². The van der Waals surface area contributed by atoms with Crippen molar-refractivity contribution in [2.24, 2.45) is 5.92 Å². The molecule has 1 N–H and O–H groups in total. The van der Waals surface area contributed by atoms with Crippen LogP contribution in [0.25, 0.3) is 0 Å². The summed E-state index contributed by atoms with van der Waals surface area (Å²) in [5, 5.41) is 8.67. The van der Waals surface area contributed by atoms with Crippen LogP contribution < -0.4 is 0 Å². The number of hydrogen-bond acceptors (Lipinski definition) is 2. The molecule has 0 saturated carbocycles. The van der Waals surface area contributed by atoms with Gasteiger partial charge in [0.25, 0.3) is 6.43 Å². The molecule has 0 aromatic rings. The van der Waals surface area contributed by atoms with Crippen LogP contribution >= 0.6 is 0 Å². The Morgan fingerprint density at radius 2 is 2.15 bits per heavy atom. The van der Waals surface area contributed by atoms with Crippen molar-refractivity contribution in [2.75, 3.05) is 13.6 Å². The summed E-state index contributed by atoms with van der Waals surface area (Å²) >= 11 is 0. The Kier molecular flexibility index (Phi) is 3.19. The standard InChI is InChI=1S/C8H13F2NO2/c1-11-4-5(8(12)13)2-3-6(11)7(9)10/h5-7H,2-4H2,1H3,(H,12,13)/t5-,6+/m0/s1. The van der Waals surface area contributed by atoms with Crippen molar-refractivity contribution in [1.82, 2.24) is 4.90 Å². The van der Waals surface area contributed by atoms with Crippen molar-refractivity contribution in [3.05, 3.63) is 0 Å². The van der Waals surface area contributed by atoms with E-state index in [4.69, 9.17) is 5.11 Å². The van der Waals surface area contributed by atoms with Gasteiger partial charge in [-0.1, -0.05) is 0 Å². The maximum atomic E-state index is 12.3. The maximum absolute atomic E-state index is 12.3. The van der Waals surface area contributed by atoms with Crippen molar-refractivity contribution in [3.8, 4) is 0 Å². The zero-order valence-corrected chi connectivity index (χ0v) is 7.41. The predicted molar refractivity (Wildman–Crippen MR) is 42.8 cm³/mol. The second-order valence-electron chi connectivity index (χ2n) is 3.45. The Morgan fingerprint density at radius 1 is 1.54 bits per heavy atom. The molecule has 1 fully saturated rings. The first-order valence-corrected chi connectivity index (χ1v) is 4.23. The monoisotopic (exact) mass is 193 g/mol. The summed E-state index contributed by atoms with van der Waals surface area (Å²) in [6.45, 7) is 0.227. The minimum atomic E-state index is -2.38. The summed E-state index contributed by atoms with van der Waals surface area (Å²) in [7, 11) is 1.55. The molecule has 2 atom stereocenters. The molecule has 1 saturated heterocycles. The Balaban J connectivity index is 2.51. The van der Waals surface area contributed by atoms with E-state index in [2.05, 4.69) is 0 Å². The van der Waals surface area contributed by atoms with Gasteiger partial charge in [-0.3, -0.25) is 9.69 Å². The van der Waals surface area contributed by atoms with Crippen molar-refractivity contribution in [2.45, 2.75) is 25.3 Å². The first kappa shape index (κ1) is 10.4. The molecule has 13 heavy (non-hydrogen) atoms. The van der Waals surface area contributed by atoms with Gasteiger partial charge in [0.05, 0.1) is 12.0 Å². The lowest BCUT2D eigenvalue weighted by Gasteiger charge is -2.34. The van der Waals surface area contributed by atoms with Crippen molar-refractivity contribution < 1.29 is 18.7 Å². The highest BCUT2D eigenvalue weighted by Gasteiger charge is 2.34. The number of halogens is 2. The molecule has 1 aliphatic heterocycles. The minimum absolute atomic E-state index is 0.227. The van der Waals surface area contributed by atoms with E-state index < -0.39 is 24.4 Å². The van der Waals surface area contributed by atoms with E-state index in [0.717, 1.165) is 0 Å². The molecular formula is C8H13F2NO2. The number of hydrogen-bond donors (Lipinski definition) is 1. The van der Waals surface area contributed by atoms with Crippen molar-refractivity contribution >= 4 is 5.97 Å². The quantitative estimate of drug-likeness (QED) is 0.712. The Bertz CT molecular complexity index is 199. The molecule has 1 rings (SSSR count). The van der Waals surface area contributed by atoms with Gasteiger partial charge >= 0.3 is 5.97 Å². The van der Waals surface area contributed by atoms with E-state index in [1.54, 1.807) is 7.05 Å². The summed E-state index contributed by atoms with van der Waals surface area (Å²) < 4.78 is 24.6. The summed E-state index contributed by atoms with van der Waals surface area (Å²) in [5.41, 5.74) is 0. The lowest BCUT2D eigenvalue weighted by Crippen LogP contribution is -2.46. The summed E-state index contributed by atoms with van der Waals surface area (Å²) in [6, 6.07) is -0.768. The Hall–Kier alpha value is -0.710. The van der Waals surface area contributed by atoms with Crippen LogP contribution in [0.3, 0.4) is 0 Å². The van der Waals surface area contributed by atoms with Crippen molar-refractivity contribution in [1.29, 1.82) is 0 Å². The normalized spacial score (nSPS) is 30.8. The number of carboxylic acid groups (broad SMARTS) is 1. The van der Waals surface area contributed by atoms with Gasteiger partial charge in [0.2, 0.25) is 0 Å². The van der Waals surface area contributed by atoms with Crippen molar-refractivity contribution in [3.63, 3.8) is 0 Å². The lowest BCUT2D eigenvalue weighted by molar-refractivity contribution is -0.145. The number of carboxylic acids is 1.